The summed E-state index contributed by atoms with van der Waals surface area (Å²) in [4.78, 5) is 21.0. The highest BCUT2D eigenvalue weighted by molar-refractivity contribution is 9.10. The quantitative estimate of drug-likeness (QED) is 0.668. The van der Waals surface area contributed by atoms with Gasteiger partial charge in [-0.1, -0.05) is 11.6 Å². The van der Waals surface area contributed by atoms with Crippen LogP contribution in [-0.2, 0) is 6.54 Å². The number of aromatic nitrogens is 1. The number of nitro groups is 1. The smallest absolute Gasteiger partial charge is 0.337 e. The maximum Gasteiger partial charge on any atom is 0.337 e. The van der Waals surface area contributed by atoms with Crippen molar-refractivity contribution in [3.05, 3.63) is 61.3 Å². The Labute approximate surface area is 126 Å². The van der Waals surface area contributed by atoms with E-state index in [0.29, 0.717) is 16.7 Å². The summed E-state index contributed by atoms with van der Waals surface area (Å²) in [5.74, 6) is -1.03. The Bertz CT molecular complexity index is 699. The fraction of sp³-hybridized carbons (Fsp3) is 0.0833. The number of carboxylic acid groups (broad SMARTS) is 1. The lowest BCUT2D eigenvalue weighted by molar-refractivity contribution is -0.384. The molecule has 0 unspecified atom stereocenters. The fourth-order valence-corrected chi connectivity index (χ4v) is 2.39. The minimum atomic E-state index is -1.03. The molecule has 2 aromatic rings. The zero-order chi connectivity index (χ0) is 14.9. The number of halogens is 2. The van der Waals surface area contributed by atoms with E-state index in [4.69, 9.17) is 16.7 Å². The molecule has 104 valence electrons. The van der Waals surface area contributed by atoms with E-state index in [9.17, 15) is 14.9 Å². The maximum atomic E-state index is 10.9. The van der Waals surface area contributed by atoms with Gasteiger partial charge in [-0.3, -0.25) is 10.1 Å². The third kappa shape index (κ3) is 3.00. The minimum Gasteiger partial charge on any atom is -0.478 e. The van der Waals surface area contributed by atoms with Crippen molar-refractivity contribution in [2.45, 2.75) is 6.54 Å². The van der Waals surface area contributed by atoms with Crippen molar-refractivity contribution in [3.63, 3.8) is 0 Å². The van der Waals surface area contributed by atoms with Crippen molar-refractivity contribution in [3.8, 4) is 0 Å². The minimum absolute atomic E-state index is 0.0865. The number of rotatable bonds is 4. The van der Waals surface area contributed by atoms with Gasteiger partial charge in [0.15, 0.2) is 0 Å². The summed E-state index contributed by atoms with van der Waals surface area (Å²) >= 11 is 9.25. The second-order valence-electron chi connectivity index (χ2n) is 4.02. The molecule has 2 rings (SSSR count). The first-order valence-corrected chi connectivity index (χ1v) is 6.57. The number of benzene rings is 1. The first kappa shape index (κ1) is 14.5. The lowest BCUT2D eigenvalue weighted by atomic mass is 10.2. The van der Waals surface area contributed by atoms with Crippen molar-refractivity contribution in [2.75, 3.05) is 0 Å². The average Bonchev–Trinajstić information content (AvgIpc) is 2.73. The number of aromatic carboxylic acids is 1. The molecule has 1 aromatic carbocycles. The molecule has 0 amide bonds. The first-order valence-electron chi connectivity index (χ1n) is 5.40. The largest absolute Gasteiger partial charge is 0.478 e. The van der Waals surface area contributed by atoms with Crippen LogP contribution in [0, 0.1) is 10.1 Å². The molecule has 0 aliphatic heterocycles. The van der Waals surface area contributed by atoms with Crippen molar-refractivity contribution >= 4 is 39.2 Å². The number of carbonyl (C=O) groups is 1. The Balaban J connectivity index is 2.30. The molecule has 1 heterocycles. The molecule has 1 aromatic heterocycles. The van der Waals surface area contributed by atoms with Gasteiger partial charge in [0.2, 0.25) is 0 Å². The molecule has 0 aliphatic carbocycles. The summed E-state index contributed by atoms with van der Waals surface area (Å²) in [5.41, 5.74) is 0.719. The second-order valence-corrected chi connectivity index (χ2v) is 5.24. The second kappa shape index (κ2) is 5.64. The molecular formula is C12H8BrClN2O4. The van der Waals surface area contributed by atoms with Gasteiger partial charge >= 0.3 is 5.97 Å². The molecule has 0 radical (unpaired) electrons. The Morgan fingerprint density at radius 2 is 2.15 bits per heavy atom. The number of nitrogens with zero attached hydrogens (tertiary/aromatic N) is 2. The van der Waals surface area contributed by atoms with Gasteiger partial charge in [0.05, 0.1) is 20.1 Å². The van der Waals surface area contributed by atoms with E-state index in [0.717, 1.165) is 0 Å². The molecule has 0 spiro atoms. The van der Waals surface area contributed by atoms with E-state index in [1.807, 2.05) is 0 Å². The predicted octanol–water partition coefficient (Wildman–Crippen LogP) is 3.56. The third-order valence-corrected chi connectivity index (χ3v) is 3.72. The van der Waals surface area contributed by atoms with E-state index < -0.39 is 10.9 Å². The highest BCUT2D eigenvalue weighted by atomic mass is 79.9. The molecular weight excluding hydrogens is 351 g/mol. The van der Waals surface area contributed by atoms with Gasteiger partial charge in [-0.05, 0) is 33.6 Å². The maximum absolute atomic E-state index is 10.9. The number of carboxylic acids is 1. The van der Waals surface area contributed by atoms with Crippen LogP contribution in [0.2, 0.25) is 5.02 Å². The predicted molar refractivity (Wildman–Crippen MR) is 76.3 cm³/mol. The molecule has 6 nitrogen and oxygen atoms in total. The van der Waals surface area contributed by atoms with Crippen LogP contribution >= 0.6 is 27.5 Å². The van der Waals surface area contributed by atoms with E-state index in [1.54, 1.807) is 10.6 Å². The van der Waals surface area contributed by atoms with E-state index in [2.05, 4.69) is 15.9 Å². The zero-order valence-corrected chi connectivity index (χ0v) is 12.3. The standard InChI is InChI=1S/C12H8BrClN2O4/c13-11-3-8(12(17)18)6-15(11)5-7-1-2-9(16(19)20)4-10(7)14/h1-4,6H,5H2,(H,17,18). The fourth-order valence-electron chi connectivity index (χ4n) is 1.68. The van der Waals surface area contributed by atoms with Crippen LogP contribution in [0.4, 0.5) is 5.69 Å². The van der Waals surface area contributed by atoms with Crippen LogP contribution in [0.15, 0.2) is 35.1 Å². The van der Waals surface area contributed by atoms with Crippen LogP contribution in [0.5, 0.6) is 0 Å². The van der Waals surface area contributed by atoms with Crippen LogP contribution in [0.1, 0.15) is 15.9 Å². The zero-order valence-electron chi connectivity index (χ0n) is 9.92. The summed E-state index contributed by atoms with van der Waals surface area (Å²) in [5, 5.41) is 19.8. The third-order valence-electron chi connectivity index (χ3n) is 2.68. The Morgan fingerprint density at radius 1 is 1.45 bits per heavy atom. The Hall–Kier alpha value is -1.86. The van der Waals surface area contributed by atoms with Gasteiger partial charge in [0.25, 0.3) is 5.69 Å². The van der Waals surface area contributed by atoms with Gasteiger partial charge in [0, 0.05) is 24.9 Å². The van der Waals surface area contributed by atoms with Gasteiger partial charge in [-0.2, -0.15) is 0 Å². The average molecular weight is 360 g/mol. The van der Waals surface area contributed by atoms with E-state index >= 15 is 0 Å². The summed E-state index contributed by atoms with van der Waals surface area (Å²) in [6, 6.07) is 5.65. The molecule has 20 heavy (non-hydrogen) atoms. The van der Waals surface area contributed by atoms with Crippen LogP contribution in [-0.4, -0.2) is 20.6 Å². The monoisotopic (exact) mass is 358 g/mol. The molecule has 1 N–H and O–H groups in total. The van der Waals surface area contributed by atoms with Crippen molar-refractivity contribution in [1.29, 1.82) is 0 Å². The summed E-state index contributed by atoms with van der Waals surface area (Å²) in [6.45, 7) is 0.310. The molecule has 0 fully saturated rings. The number of non-ortho nitro benzene ring substituents is 1. The molecule has 0 aliphatic rings. The Morgan fingerprint density at radius 3 is 2.65 bits per heavy atom. The summed E-state index contributed by atoms with van der Waals surface area (Å²) in [7, 11) is 0. The van der Waals surface area contributed by atoms with E-state index in [1.165, 1.54) is 24.4 Å². The lowest BCUT2D eigenvalue weighted by Crippen LogP contribution is -2.00. The van der Waals surface area contributed by atoms with Crippen LogP contribution in [0.25, 0.3) is 0 Å². The first-order chi connectivity index (χ1) is 9.38. The van der Waals surface area contributed by atoms with Gasteiger partial charge in [-0.15, -0.1) is 0 Å². The molecule has 0 bridgehead atoms. The Kier molecular flexibility index (Phi) is 4.10. The molecule has 0 saturated heterocycles. The number of nitro benzene ring substituents is 1. The topological polar surface area (TPSA) is 85.4 Å². The molecule has 8 heteroatoms. The SMILES string of the molecule is O=C(O)c1cc(Br)n(Cc2ccc([N+](=O)[O-])cc2Cl)c1. The summed E-state index contributed by atoms with van der Waals surface area (Å²) in [6.07, 6.45) is 1.46. The van der Waals surface area contributed by atoms with Gasteiger partial charge < -0.3 is 9.67 Å². The highest BCUT2D eigenvalue weighted by Gasteiger charge is 2.13. The van der Waals surface area contributed by atoms with Crippen LogP contribution < -0.4 is 0 Å². The van der Waals surface area contributed by atoms with Crippen molar-refractivity contribution in [2.24, 2.45) is 0 Å². The van der Waals surface area contributed by atoms with Gasteiger partial charge in [0.1, 0.15) is 0 Å². The van der Waals surface area contributed by atoms with Gasteiger partial charge in [-0.25, -0.2) is 4.79 Å². The van der Waals surface area contributed by atoms with Crippen LogP contribution in [0.3, 0.4) is 0 Å². The number of hydrogen-bond donors (Lipinski definition) is 1. The van der Waals surface area contributed by atoms with E-state index in [-0.39, 0.29) is 16.3 Å². The van der Waals surface area contributed by atoms with Crippen molar-refractivity contribution in [1.82, 2.24) is 4.57 Å². The lowest BCUT2D eigenvalue weighted by Gasteiger charge is -2.07. The molecule has 0 atom stereocenters. The number of hydrogen-bond acceptors (Lipinski definition) is 3. The van der Waals surface area contributed by atoms with Crippen molar-refractivity contribution < 1.29 is 14.8 Å². The highest BCUT2D eigenvalue weighted by Crippen LogP contribution is 2.25. The molecule has 0 saturated carbocycles. The normalized spacial score (nSPS) is 10.5. The summed E-state index contributed by atoms with van der Waals surface area (Å²) < 4.78 is 2.24.